The second kappa shape index (κ2) is 8.12. The third-order valence-corrected chi connectivity index (χ3v) is 4.91. The summed E-state index contributed by atoms with van der Waals surface area (Å²) in [4.78, 5) is 11.3. The molecule has 0 heterocycles. The summed E-state index contributed by atoms with van der Waals surface area (Å²) >= 11 is 1.86. The highest BCUT2D eigenvalue weighted by molar-refractivity contribution is 7.99. The number of aliphatic carboxylic acids is 1. The van der Waals surface area contributed by atoms with Crippen molar-refractivity contribution >= 4 is 17.7 Å². The number of carboxylic acid groups (broad SMARTS) is 1. The first-order chi connectivity index (χ1) is 8.98. The van der Waals surface area contributed by atoms with Crippen LogP contribution in [0, 0.1) is 0 Å². The lowest BCUT2D eigenvalue weighted by atomic mass is 9.95. The summed E-state index contributed by atoms with van der Waals surface area (Å²) in [6, 6.07) is 0.417. The summed E-state index contributed by atoms with van der Waals surface area (Å²) in [5, 5.41) is 21.9. The van der Waals surface area contributed by atoms with Gasteiger partial charge in [0.2, 0.25) is 0 Å². The van der Waals surface area contributed by atoms with Gasteiger partial charge in [-0.15, -0.1) is 0 Å². The molecule has 0 amide bonds. The molecule has 112 valence electrons. The fourth-order valence-electron chi connectivity index (χ4n) is 2.05. The second-order valence-corrected chi connectivity index (χ2v) is 7.25. The van der Waals surface area contributed by atoms with Crippen LogP contribution < -0.4 is 5.32 Å². The van der Waals surface area contributed by atoms with Crippen molar-refractivity contribution in [1.29, 1.82) is 0 Å². The molecule has 0 bridgehead atoms. The Hall–Kier alpha value is -0.260. The number of carboxylic acids is 1. The van der Waals surface area contributed by atoms with Crippen molar-refractivity contribution in [3.63, 3.8) is 0 Å². The normalized spacial score (nSPS) is 19.9. The minimum atomic E-state index is -0.761. The van der Waals surface area contributed by atoms with Crippen LogP contribution >= 0.6 is 11.8 Å². The second-order valence-electron chi connectivity index (χ2n) is 5.71. The van der Waals surface area contributed by atoms with Gasteiger partial charge in [-0.25, -0.2) is 0 Å². The van der Waals surface area contributed by atoms with Gasteiger partial charge in [-0.2, -0.15) is 11.8 Å². The molecule has 2 unspecified atom stereocenters. The van der Waals surface area contributed by atoms with E-state index in [1.807, 2.05) is 11.8 Å². The Balaban J connectivity index is 2.16. The molecule has 0 aromatic heterocycles. The van der Waals surface area contributed by atoms with E-state index in [-0.39, 0.29) is 6.61 Å². The molecule has 1 saturated carbocycles. The molecule has 1 rings (SSSR count). The largest absolute Gasteiger partial charge is 0.480 e. The van der Waals surface area contributed by atoms with Crippen molar-refractivity contribution in [1.82, 2.24) is 5.32 Å². The molecule has 19 heavy (non-hydrogen) atoms. The molecular weight excluding hydrogens is 262 g/mol. The third-order valence-electron chi connectivity index (χ3n) is 3.58. The maximum Gasteiger partial charge on any atom is 0.323 e. The molecule has 2 atom stereocenters. The molecule has 4 nitrogen and oxygen atoms in total. The highest BCUT2D eigenvalue weighted by Crippen LogP contribution is 2.26. The Labute approximate surface area is 120 Å². The van der Waals surface area contributed by atoms with Crippen LogP contribution in [0.2, 0.25) is 0 Å². The number of hydrogen-bond acceptors (Lipinski definition) is 4. The van der Waals surface area contributed by atoms with Gasteiger partial charge in [-0.3, -0.25) is 10.1 Å². The summed E-state index contributed by atoms with van der Waals surface area (Å²) in [5.41, 5.74) is -0.761. The Morgan fingerprint density at radius 3 is 2.68 bits per heavy atom. The SMILES string of the molecule is CC(CCO)SCCCCC(C)(NC1CC1)C(=O)O. The average molecular weight is 289 g/mol. The summed E-state index contributed by atoms with van der Waals surface area (Å²) < 4.78 is 0. The molecule has 1 fully saturated rings. The first-order valence-corrected chi connectivity index (χ1v) is 8.26. The van der Waals surface area contributed by atoms with Gasteiger partial charge in [-0.1, -0.05) is 13.3 Å². The van der Waals surface area contributed by atoms with E-state index in [1.165, 1.54) is 0 Å². The molecule has 3 N–H and O–H groups in total. The van der Waals surface area contributed by atoms with E-state index in [0.29, 0.717) is 17.7 Å². The molecule has 0 aromatic rings. The molecular formula is C14H27NO3S. The van der Waals surface area contributed by atoms with Crippen LogP contribution in [0.15, 0.2) is 0 Å². The van der Waals surface area contributed by atoms with Gasteiger partial charge < -0.3 is 10.2 Å². The number of unbranched alkanes of at least 4 members (excludes halogenated alkanes) is 1. The molecule has 0 saturated heterocycles. The summed E-state index contributed by atoms with van der Waals surface area (Å²) in [6.45, 7) is 4.17. The molecule has 0 aromatic carbocycles. The molecule has 1 aliphatic rings. The number of aliphatic hydroxyl groups excluding tert-OH is 1. The van der Waals surface area contributed by atoms with Crippen LogP contribution in [0.4, 0.5) is 0 Å². The van der Waals surface area contributed by atoms with Crippen LogP contribution in [0.1, 0.15) is 52.4 Å². The van der Waals surface area contributed by atoms with Crippen molar-refractivity contribution in [2.45, 2.75) is 69.2 Å². The van der Waals surface area contributed by atoms with Crippen LogP contribution in [0.5, 0.6) is 0 Å². The fraction of sp³-hybridized carbons (Fsp3) is 0.929. The van der Waals surface area contributed by atoms with E-state index in [2.05, 4.69) is 12.2 Å². The molecule has 0 aliphatic heterocycles. The van der Waals surface area contributed by atoms with Gasteiger partial charge in [0, 0.05) is 17.9 Å². The summed E-state index contributed by atoms with van der Waals surface area (Å²) in [6.07, 6.45) is 5.71. The van der Waals surface area contributed by atoms with Crippen molar-refractivity contribution < 1.29 is 15.0 Å². The predicted molar refractivity (Wildman–Crippen MR) is 79.7 cm³/mol. The molecule has 1 aliphatic carbocycles. The zero-order chi connectivity index (χ0) is 14.3. The smallest absolute Gasteiger partial charge is 0.323 e. The Morgan fingerprint density at radius 2 is 2.16 bits per heavy atom. The first-order valence-electron chi connectivity index (χ1n) is 7.21. The summed E-state index contributed by atoms with van der Waals surface area (Å²) in [7, 11) is 0. The third kappa shape index (κ3) is 6.63. The topological polar surface area (TPSA) is 69.6 Å². The van der Waals surface area contributed by atoms with Crippen LogP contribution in [0.25, 0.3) is 0 Å². The summed E-state index contributed by atoms with van der Waals surface area (Å²) in [5.74, 6) is 0.306. The minimum absolute atomic E-state index is 0.247. The van der Waals surface area contributed by atoms with Crippen molar-refractivity contribution in [2.75, 3.05) is 12.4 Å². The Morgan fingerprint density at radius 1 is 1.47 bits per heavy atom. The number of rotatable bonds is 11. The van der Waals surface area contributed by atoms with E-state index in [0.717, 1.165) is 37.9 Å². The highest BCUT2D eigenvalue weighted by Gasteiger charge is 2.37. The van der Waals surface area contributed by atoms with Crippen LogP contribution in [-0.2, 0) is 4.79 Å². The lowest BCUT2D eigenvalue weighted by Gasteiger charge is -2.26. The average Bonchev–Trinajstić information content (AvgIpc) is 3.12. The van der Waals surface area contributed by atoms with Gasteiger partial charge >= 0.3 is 5.97 Å². The lowest BCUT2D eigenvalue weighted by molar-refractivity contribution is -0.144. The highest BCUT2D eigenvalue weighted by atomic mass is 32.2. The number of carbonyl (C=O) groups is 1. The maximum absolute atomic E-state index is 11.3. The number of hydrogen-bond donors (Lipinski definition) is 3. The van der Waals surface area contributed by atoms with Gasteiger partial charge in [-0.05, 0) is 44.8 Å². The Bertz CT molecular complexity index is 284. The van der Waals surface area contributed by atoms with Gasteiger partial charge in [0.25, 0.3) is 0 Å². The lowest BCUT2D eigenvalue weighted by Crippen LogP contribution is -2.50. The van der Waals surface area contributed by atoms with Crippen LogP contribution in [0.3, 0.4) is 0 Å². The fourth-order valence-corrected chi connectivity index (χ4v) is 3.09. The van der Waals surface area contributed by atoms with E-state index < -0.39 is 11.5 Å². The maximum atomic E-state index is 11.3. The van der Waals surface area contributed by atoms with E-state index in [1.54, 1.807) is 6.92 Å². The van der Waals surface area contributed by atoms with E-state index >= 15 is 0 Å². The zero-order valence-corrected chi connectivity index (χ0v) is 12.8. The first kappa shape index (κ1) is 16.8. The van der Waals surface area contributed by atoms with Crippen molar-refractivity contribution in [3.8, 4) is 0 Å². The van der Waals surface area contributed by atoms with E-state index in [4.69, 9.17) is 5.11 Å². The van der Waals surface area contributed by atoms with E-state index in [9.17, 15) is 9.90 Å². The quantitative estimate of drug-likeness (QED) is 0.509. The van der Waals surface area contributed by atoms with Gasteiger partial charge in [0.1, 0.15) is 5.54 Å². The van der Waals surface area contributed by atoms with Crippen LogP contribution in [-0.4, -0.2) is 45.4 Å². The Kier molecular flexibility index (Phi) is 7.18. The zero-order valence-electron chi connectivity index (χ0n) is 12.0. The predicted octanol–water partition coefficient (Wildman–Crippen LogP) is 2.26. The standard InChI is InChI=1S/C14H27NO3S/c1-11(7-9-16)19-10-4-3-8-14(2,13(17)18)15-12-5-6-12/h11-12,15-16H,3-10H2,1-2H3,(H,17,18). The minimum Gasteiger partial charge on any atom is -0.480 e. The molecule has 0 radical (unpaired) electrons. The molecule has 5 heteroatoms. The van der Waals surface area contributed by atoms with Gasteiger partial charge in [0.05, 0.1) is 0 Å². The number of nitrogens with one attached hydrogen (secondary N) is 1. The number of aliphatic hydroxyl groups is 1. The monoisotopic (exact) mass is 289 g/mol. The number of thioether (sulfide) groups is 1. The van der Waals surface area contributed by atoms with Gasteiger partial charge in [0.15, 0.2) is 0 Å². The van der Waals surface area contributed by atoms with Crippen molar-refractivity contribution in [3.05, 3.63) is 0 Å². The van der Waals surface area contributed by atoms with Crippen molar-refractivity contribution in [2.24, 2.45) is 0 Å². The molecule has 0 spiro atoms.